The van der Waals surface area contributed by atoms with E-state index in [2.05, 4.69) is 10.3 Å². The first-order valence-corrected chi connectivity index (χ1v) is 12.5. The number of likely N-dealkylation sites (tertiary alicyclic amines) is 1. The van der Waals surface area contributed by atoms with E-state index < -0.39 is 16.9 Å². The summed E-state index contributed by atoms with van der Waals surface area (Å²) in [6.45, 7) is 6.68. The summed E-state index contributed by atoms with van der Waals surface area (Å²) in [6.07, 6.45) is 1.08. The fourth-order valence-corrected chi connectivity index (χ4v) is 4.57. The van der Waals surface area contributed by atoms with Crippen LogP contribution in [-0.2, 0) is 25.4 Å². The molecule has 1 fully saturated rings. The molecule has 12 heteroatoms. The number of aryl methyl sites for hydroxylation is 2. The Labute approximate surface area is 218 Å². The SMILES string of the molecule is Cn1c(NC2CCN(C(=O)OC(C)(C)C)CC2)nc2c1c(=O)n(Cc1ccc(Cl)c(Cl)c1)c(=O)n2C. The van der Waals surface area contributed by atoms with Crippen LogP contribution in [0, 0.1) is 0 Å². The van der Waals surface area contributed by atoms with Crippen LogP contribution < -0.4 is 16.6 Å². The Morgan fingerprint density at radius 3 is 2.39 bits per heavy atom. The second-order valence-corrected chi connectivity index (χ2v) is 10.8. The van der Waals surface area contributed by atoms with Crippen LogP contribution in [0.3, 0.4) is 0 Å². The lowest BCUT2D eigenvalue weighted by molar-refractivity contribution is 0.0210. The predicted molar refractivity (Wildman–Crippen MR) is 140 cm³/mol. The molecule has 1 saturated heterocycles. The molecule has 1 aliphatic heterocycles. The minimum absolute atomic E-state index is 0.0506. The lowest BCUT2D eigenvalue weighted by Gasteiger charge is -2.33. The Kier molecular flexibility index (Phi) is 7.12. The van der Waals surface area contributed by atoms with Crippen LogP contribution in [0.2, 0.25) is 10.0 Å². The number of halogens is 2. The van der Waals surface area contributed by atoms with Gasteiger partial charge in [0.05, 0.1) is 16.6 Å². The molecule has 0 unspecified atom stereocenters. The van der Waals surface area contributed by atoms with Crippen molar-refractivity contribution < 1.29 is 9.53 Å². The Morgan fingerprint density at radius 1 is 1.11 bits per heavy atom. The summed E-state index contributed by atoms with van der Waals surface area (Å²) in [4.78, 5) is 45.0. The Balaban J connectivity index is 1.56. The second kappa shape index (κ2) is 9.82. The Hall–Kier alpha value is -2.98. The van der Waals surface area contributed by atoms with Crippen LogP contribution in [0.25, 0.3) is 11.2 Å². The average Bonchev–Trinajstić information content (AvgIpc) is 3.13. The summed E-state index contributed by atoms with van der Waals surface area (Å²) in [5.41, 5.74) is -0.171. The van der Waals surface area contributed by atoms with Crippen molar-refractivity contribution in [3.05, 3.63) is 54.6 Å². The highest BCUT2D eigenvalue weighted by atomic mass is 35.5. The fourth-order valence-electron chi connectivity index (χ4n) is 4.25. The number of hydrogen-bond acceptors (Lipinski definition) is 6. The first kappa shape index (κ1) is 26.1. The molecule has 1 amide bonds. The predicted octanol–water partition coefficient (Wildman–Crippen LogP) is 3.60. The van der Waals surface area contributed by atoms with Gasteiger partial charge in [0.1, 0.15) is 5.60 Å². The van der Waals surface area contributed by atoms with Crippen molar-refractivity contribution in [2.45, 2.75) is 51.8 Å². The number of nitrogens with one attached hydrogen (secondary N) is 1. The van der Waals surface area contributed by atoms with Crippen LogP contribution >= 0.6 is 23.2 Å². The van der Waals surface area contributed by atoms with Gasteiger partial charge in [0.2, 0.25) is 5.95 Å². The quantitative estimate of drug-likeness (QED) is 0.546. The zero-order chi connectivity index (χ0) is 26.4. The van der Waals surface area contributed by atoms with Crippen LogP contribution in [-0.4, -0.2) is 54.4 Å². The molecule has 36 heavy (non-hydrogen) atoms. The molecular formula is C24H30Cl2N6O4. The molecular weight excluding hydrogens is 507 g/mol. The van der Waals surface area contributed by atoms with E-state index in [0.29, 0.717) is 58.7 Å². The number of nitrogens with zero attached hydrogens (tertiary/aromatic N) is 5. The van der Waals surface area contributed by atoms with Gasteiger partial charge in [0.25, 0.3) is 5.56 Å². The van der Waals surface area contributed by atoms with E-state index in [1.165, 1.54) is 4.57 Å². The van der Waals surface area contributed by atoms with Crippen molar-refractivity contribution >= 4 is 46.4 Å². The molecule has 0 radical (unpaired) electrons. The van der Waals surface area contributed by atoms with E-state index in [-0.39, 0.29) is 18.7 Å². The molecule has 194 valence electrons. The van der Waals surface area contributed by atoms with E-state index in [9.17, 15) is 14.4 Å². The van der Waals surface area contributed by atoms with E-state index in [4.69, 9.17) is 27.9 Å². The van der Waals surface area contributed by atoms with E-state index >= 15 is 0 Å². The molecule has 1 aromatic carbocycles. The van der Waals surface area contributed by atoms with Crippen molar-refractivity contribution in [3.63, 3.8) is 0 Å². The zero-order valence-corrected chi connectivity index (χ0v) is 22.5. The summed E-state index contributed by atoms with van der Waals surface area (Å²) >= 11 is 12.1. The third kappa shape index (κ3) is 5.24. The van der Waals surface area contributed by atoms with Gasteiger partial charge in [-0.05, 0) is 51.3 Å². The summed E-state index contributed by atoms with van der Waals surface area (Å²) in [7, 11) is 3.33. The van der Waals surface area contributed by atoms with E-state index in [1.54, 1.807) is 41.8 Å². The van der Waals surface area contributed by atoms with Crippen LogP contribution in [0.5, 0.6) is 0 Å². The lowest BCUT2D eigenvalue weighted by Crippen LogP contribution is -2.44. The van der Waals surface area contributed by atoms with Gasteiger partial charge >= 0.3 is 11.8 Å². The number of aromatic nitrogens is 4. The number of amides is 1. The lowest BCUT2D eigenvalue weighted by atomic mass is 10.1. The molecule has 10 nitrogen and oxygen atoms in total. The summed E-state index contributed by atoms with van der Waals surface area (Å²) in [5, 5.41) is 4.13. The standard InChI is InChI=1S/C24H30Cl2N6O4/c1-24(2,3)36-23(35)31-10-8-15(9-11-31)27-21-28-19-18(29(21)4)20(33)32(22(34)30(19)5)13-14-6-7-16(25)17(26)12-14/h6-7,12,15H,8-11,13H2,1-5H3,(H,27,28). The van der Waals surface area contributed by atoms with E-state index in [0.717, 1.165) is 4.57 Å². The molecule has 4 rings (SSSR count). The van der Waals surface area contributed by atoms with Crippen LogP contribution in [0.15, 0.2) is 27.8 Å². The molecule has 0 saturated carbocycles. The highest BCUT2D eigenvalue weighted by molar-refractivity contribution is 6.42. The van der Waals surface area contributed by atoms with Crippen molar-refractivity contribution in [2.75, 3.05) is 18.4 Å². The molecule has 3 heterocycles. The van der Waals surface area contributed by atoms with Crippen molar-refractivity contribution in [1.82, 2.24) is 23.6 Å². The molecule has 3 aromatic rings. The largest absolute Gasteiger partial charge is 0.444 e. The smallest absolute Gasteiger partial charge is 0.410 e. The number of imidazole rings is 1. The Morgan fingerprint density at radius 2 is 1.78 bits per heavy atom. The normalized spacial score (nSPS) is 14.9. The van der Waals surface area contributed by atoms with Crippen molar-refractivity contribution in [3.8, 4) is 0 Å². The average molecular weight is 537 g/mol. The second-order valence-electron chi connectivity index (χ2n) is 10.0. The number of carbonyl (C=O) groups is 1. The van der Waals surface area contributed by atoms with E-state index in [1.807, 2.05) is 20.8 Å². The summed E-state index contributed by atoms with van der Waals surface area (Å²) in [5.74, 6) is 0.486. The van der Waals surface area contributed by atoms with Gasteiger partial charge < -0.3 is 19.5 Å². The van der Waals surface area contributed by atoms with Crippen molar-refractivity contribution in [2.24, 2.45) is 14.1 Å². The molecule has 1 N–H and O–H groups in total. The fraction of sp³-hybridized carbons (Fsp3) is 0.500. The number of rotatable bonds is 4. The number of benzene rings is 1. The first-order chi connectivity index (χ1) is 16.9. The molecule has 2 aromatic heterocycles. The molecule has 1 aliphatic rings. The molecule has 0 bridgehead atoms. The minimum Gasteiger partial charge on any atom is -0.444 e. The number of ether oxygens (including phenoxy) is 1. The number of hydrogen-bond donors (Lipinski definition) is 1. The van der Waals surface area contributed by atoms with Gasteiger partial charge in [-0.2, -0.15) is 4.98 Å². The van der Waals surface area contributed by atoms with Gasteiger partial charge in [0, 0.05) is 33.2 Å². The maximum atomic E-state index is 13.4. The first-order valence-electron chi connectivity index (χ1n) is 11.7. The number of carbonyl (C=O) groups excluding carboxylic acids is 1. The third-order valence-corrected chi connectivity index (χ3v) is 6.90. The van der Waals surface area contributed by atoms with Crippen molar-refractivity contribution in [1.29, 1.82) is 0 Å². The highest BCUT2D eigenvalue weighted by Crippen LogP contribution is 2.23. The third-order valence-electron chi connectivity index (χ3n) is 6.16. The van der Waals surface area contributed by atoms with Crippen LogP contribution in [0.4, 0.5) is 10.7 Å². The highest BCUT2D eigenvalue weighted by Gasteiger charge is 2.28. The number of anilines is 1. The topological polar surface area (TPSA) is 103 Å². The zero-order valence-electron chi connectivity index (χ0n) is 21.0. The molecule has 0 spiro atoms. The van der Waals surface area contributed by atoms with Gasteiger partial charge in [-0.3, -0.25) is 13.9 Å². The van der Waals surface area contributed by atoms with Gasteiger partial charge in [-0.1, -0.05) is 29.3 Å². The molecule has 0 aliphatic carbocycles. The summed E-state index contributed by atoms with van der Waals surface area (Å²) in [6, 6.07) is 5.05. The number of piperidine rings is 1. The Bertz CT molecular complexity index is 1430. The van der Waals surface area contributed by atoms with Gasteiger partial charge in [-0.25, -0.2) is 9.59 Å². The summed E-state index contributed by atoms with van der Waals surface area (Å²) < 4.78 is 9.65. The monoisotopic (exact) mass is 536 g/mol. The maximum absolute atomic E-state index is 13.4. The van der Waals surface area contributed by atoms with Crippen LogP contribution in [0.1, 0.15) is 39.2 Å². The van der Waals surface area contributed by atoms with Gasteiger partial charge in [-0.15, -0.1) is 0 Å². The minimum atomic E-state index is -0.540. The number of fused-ring (bicyclic) bond motifs is 1. The maximum Gasteiger partial charge on any atom is 0.410 e. The van der Waals surface area contributed by atoms with Gasteiger partial charge in [0.15, 0.2) is 11.2 Å². The molecule has 0 atom stereocenters.